The fourth-order valence-corrected chi connectivity index (χ4v) is 3.57. The summed E-state index contributed by atoms with van der Waals surface area (Å²) in [5.74, 6) is 1.64. The largest absolute Gasteiger partial charge is 0.381 e. The van der Waals surface area contributed by atoms with E-state index in [-0.39, 0.29) is 6.04 Å². The number of aromatic nitrogens is 2. The Balaban J connectivity index is 1.53. The van der Waals surface area contributed by atoms with Gasteiger partial charge >= 0.3 is 0 Å². The minimum atomic E-state index is 0.106. The second kappa shape index (κ2) is 7.91. The lowest BCUT2D eigenvalue weighted by Gasteiger charge is -2.41. The number of hydrogen-bond acceptors (Lipinski definition) is 6. The van der Waals surface area contributed by atoms with Crippen molar-refractivity contribution in [2.24, 2.45) is 0 Å². The van der Waals surface area contributed by atoms with E-state index in [2.05, 4.69) is 15.2 Å². The Morgan fingerprint density at radius 3 is 2.68 bits per heavy atom. The molecule has 0 unspecified atom stereocenters. The average Bonchev–Trinajstić information content (AvgIpc) is 2.70. The van der Waals surface area contributed by atoms with Gasteiger partial charge in [0.15, 0.2) is 0 Å². The van der Waals surface area contributed by atoms with Crippen molar-refractivity contribution >= 4 is 11.5 Å². The van der Waals surface area contributed by atoms with Crippen molar-refractivity contribution in [2.45, 2.75) is 24.9 Å². The van der Waals surface area contributed by atoms with Crippen LogP contribution in [0.3, 0.4) is 0 Å². The van der Waals surface area contributed by atoms with Crippen molar-refractivity contribution in [3.8, 4) is 0 Å². The van der Waals surface area contributed by atoms with Gasteiger partial charge in [0, 0.05) is 37.7 Å². The highest BCUT2D eigenvalue weighted by Crippen LogP contribution is 2.28. The van der Waals surface area contributed by atoms with E-state index in [9.17, 15) is 0 Å². The number of para-hydroxylation sites is 1. The van der Waals surface area contributed by atoms with Gasteiger partial charge in [0.25, 0.3) is 0 Å². The number of anilines is 2. The minimum absolute atomic E-state index is 0.106. The molecule has 25 heavy (non-hydrogen) atoms. The molecule has 1 aromatic carbocycles. The number of nitrogens with zero attached hydrogens (tertiary/aromatic N) is 3. The third-order valence-corrected chi connectivity index (χ3v) is 4.85. The first-order chi connectivity index (χ1) is 12.4. The summed E-state index contributed by atoms with van der Waals surface area (Å²) in [4.78, 5) is 11.8. The number of rotatable bonds is 4. The van der Waals surface area contributed by atoms with Crippen LogP contribution in [0.25, 0.3) is 0 Å². The number of hydrogen-bond donors (Lipinski definition) is 1. The summed E-state index contributed by atoms with van der Waals surface area (Å²) in [6, 6.07) is 12.6. The smallest absolute Gasteiger partial charge is 0.150 e. The fraction of sp³-hybridized carbons (Fsp3) is 0.474. The van der Waals surface area contributed by atoms with Gasteiger partial charge in [-0.1, -0.05) is 18.2 Å². The summed E-state index contributed by atoms with van der Waals surface area (Å²) in [7, 11) is 0. The van der Waals surface area contributed by atoms with E-state index in [0.29, 0.717) is 12.6 Å². The summed E-state index contributed by atoms with van der Waals surface area (Å²) in [6.07, 6.45) is 3.96. The lowest BCUT2D eigenvalue weighted by molar-refractivity contribution is -0.0591. The van der Waals surface area contributed by atoms with Crippen molar-refractivity contribution in [3.63, 3.8) is 0 Å². The molecule has 0 spiro atoms. The monoisotopic (exact) mass is 340 g/mol. The summed E-state index contributed by atoms with van der Waals surface area (Å²) >= 11 is 0. The van der Waals surface area contributed by atoms with Crippen LogP contribution in [0.2, 0.25) is 0 Å². The van der Waals surface area contributed by atoms with Crippen LogP contribution in [0.1, 0.15) is 24.7 Å². The second-order valence-corrected chi connectivity index (χ2v) is 6.46. The number of ether oxygens (including phenoxy) is 2. The van der Waals surface area contributed by atoms with Gasteiger partial charge in [0.05, 0.1) is 19.3 Å². The maximum Gasteiger partial charge on any atom is 0.150 e. The fourth-order valence-electron chi connectivity index (χ4n) is 3.57. The van der Waals surface area contributed by atoms with Gasteiger partial charge in [0.1, 0.15) is 11.6 Å². The van der Waals surface area contributed by atoms with Crippen LogP contribution in [0, 0.1) is 0 Å². The highest BCUT2D eigenvalue weighted by Gasteiger charge is 2.33. The van der Waals surface area contributed by atoms with Crippen molar-refractivity contribution in [1.82, 2.24) is 14.9 Å². The molecule has 2 fully saturated rings. The Morgan fingerprint density at radius 2 is 1.84 bits per heavy atom. The molecule has 2 aromatic rings. The van der Waals surface area contributed by atoms with E-state index in [0.717, 1.165) is 56.5 Å². The maximum absolute atomic E-state index is 5.74. The molecule has 0 amide bonds. The molecule has 0 radical (unpaired) electrons. The Hall–Kier alpha value is -2.02. The van der Waals surface area contributed by atoms with Gasteiger partial charge in [-0.3, -0.25) is 4.90 Å². The highest BCUT2D eigenvalue weighted by molar-refractivity contribution is 5.55. The SMILES string of the molecule is c1ccc(Nc2ccnc([C@@H]3COCCN3C3CCOCC3)n2)cc1. The minimum Gasteiger partial charge on any atom is -0.381 e. The Kier molecular flexibility index (Phi) is 5.20. The molecule has 3 heterocycles. The molecular formula is C19H24N4O2. The van der Waals surface area contributed by atoms with Gasteiger partial charge in [-0.2, -0.15) is 0 Å². The highest BCUT2D eigenvalue weighted by atomic mass is 16.5. The Morgan fingerprint density at radius 1 is 1.00 bits per heavy atom. The topological polar surface area (TPSA) is 59.5 Å². The zero-order chi connectivity index (χ0) is 16.9. The normalized spacial score (nSPS) is 22.6. The van der Waals surface area contributed by atoms with Crippen LogP contribution in [-0.4, -0.2) is 53.9 Å². The van der Waals surface area contributed by atoms with Crippen molar-refractivity contribution in [3.05, 3.63) is 48.4 Å². The summed E-state index contributed by atoms with van der Waals surface area (Å²) in [5, 5.41) is 3.35. The molecule has 1 N–H and O–H groups in total. The number of morpholine rings is 1. The first-order valence-electron chi connectivity index (χ1n) is 8.96. The Labute approximate surface area is 148 Å². The maximum atomic E-state index is 5.74. The molecule has 132 valence electrons. The van der Waals surface area contributed by atoms with Gasteiger partial charge in [-0.05, 0) is 31.0 Å². The summed E-state index contributed by atoms with van der Waals surface area (Å²) in [5.41, 5.74) is 1.02. The third kappa shape index (κ3) is 3.98. The summed E-state index contributed by atoms with van der Waals surface area (Å²) < 4.78 is 11.3. The molecule has 1 aromatic heterocycles. The number of benzene rings is 1. The van der Waals surface area contributed by atoms with E-state index in [1.165, 1.54) is 0 Å². The molecule has 0 bridgehead atoms. The van der Waals surface area contributed by atoms with Crippen molar-refractivity contribution in [1.29, 1.82) is 0 Å². The van der Waals surface area contributed by atoms with Crippen LogP contribution in [0.15, 0.2) is 42.6 Å². The van der Waals surface area contributed by atoms with E-state index in [1.807, 2.05) is 42.6 Å². The van der Waals surface area contributed by atoms with E-state index >= 15 is 0 Å². The molecule has 6 heteroatoms. The quantitative estimate of drug-likeness (QED) is 0.923. The third-order valence-electron chi connectivity index (χ3n) is 4.85. The predicted molar refractivity (Wildman–Crippen MR) is 95.9 cm³/mol. The van der Waals surface area contributed by atoms with Crippen LogP contribution in [0.5, 0.6) is 0 Å². The molecule has 2 aliphatic rings. The number of nitrogens with one attached hydrogen (secondary N) is 1. The van der Waals surface area contributed by atoms with E-state index < -0.39 is 0 Å². The summed E-state index contributed by atoms with van der Waals surface area (Å²) in [6.45, 7) is 4.02. The zero-order valence-corrected chi connectivity index (χ0v) is 14.3. The van der Waals surface area contributed by atoms with Gasteiger partial charge < -0.3 is 14.8 Å². The lowest BCUT2D eigenvalue weighted by atomic mass is 10.0. The molecule has 2 saturated heterocycles. The van der Waals surface area contributed by atoms with E-state index in [1.54, 1.807) is 0 Å². The first-order valence-corrected chi connectivity index (χ1v) is 8.96. The van der Waals surface area contributed by atoms with Crippen molar-refractivity contribution in [2.75, 3.05) is 38.3 Å². The Bertz CT molecular complexity index is 676. The molecule has 0 saturated carbocycles. The lowest BCUT2D eigenvalue weighted by Crippen LogP contribution is -2.48. The van der Waals surface area contributed by atoms with Crippen LogP contribution in [-0.2, 0) is 9.47 Å². The average molecular weight is 340 g/mol. The molecule has 0 aliphatic carbocycles. The molecule has 6 nitrogen and oxygen atoms in total. The van der Waals surface area contributed by atoms with Crippen LogP contribution >= 0.6 is 0 Å². The standard InChI is InChI=1S/C19H24N4O2/c1-2-4-15(5-3-1)21-18-6-9-20-19(22-18)17-14-25-13-10-23(17)16-7-11-24-12-8-16/h1-6,9,16-17H,7-8,10-14H2,(H,20,21,22)/t17-/m0/s1. The van der Waals surface area contributed by atoms with Crippen molar-refractivity contribution < 1.29 is 9.47 Å². The molecule has 2 aliphatic heterocycles. The van der Waals surface area contributed by atoms with Crippen LogP contribution in [0.4, 0.5) is 11.5 Å². The van der Waals surface area contributed by atoms with Gasteiger partial charge in [-0.25, -0.2) is 9.97 Å². The van der Waals surface area contributed by atoms with Gasteiger partial charge in [0.2, 0.25) is 0 Å². The van der Waals surface area contributed by atoms with Crippen LogP contribution < -0.4 is 5.32 Å². The molecular weight excluding hydrogens is 316 g/mol. The first kappa shape index (κ1) is 16.4. The molecule has 1 atom stereocenters. The van der Waals surface area contributed by atoms with E-state index in [4.69, 9.17) is 14.5 Å². The van der Waals surface area contributed by atoms with Gasteiger partial charge in [-0.15, -0.1) is 0 Å². The molecule has 4 rings (SSSR count). The zero-order valence-electron chi connectivity index (χ0n) is 14.3. The second-order valence-electron chi connectivity index (χ2n) is 6.46. The predicted octanol–water partition coefficient (Wildman–Crippen LogP) is 2.77.